The lowest BCUT2D eigenvalue weighted by molar-refractivity contribution is -0.140. The standard InChI is InChI=1S/C6H11NO2.C4H6O3/c1-3-4-5(2)6(8)9-7;1-3(5)2-4(6)7/h4H,3,7H2,1-2H3;2H2,1H3,(H,6,7). The van der Waals surface area contributed by atoms with E-state index in [1.165, 1.54) is 6.92 Å². The van der Waals surface area contributed by atoms with Crippen LogP contribution in [-0.2, 0) is 19.2 Å². The van der Waals surface area contributed by atoms with E-state index in [1.807, 2.05) is 6.92 Å². The molecule has 0 unspecified atom stereocenters. The molecule has 0 spiro atoms. The van der Waals surface area contributed by atoms with Crippen LogP contribution in [0.5, 0.6) is 0 Å². The van der Waals surface area contributed by atoms with Crippen molar-refractivity contribution in [3.05, 3.63) is 11.6 Å². The van der Waals surface area contributed by atoms with E-state index in [0.29, 0.717) is 5.57 Å². The first-order valence-electron chi connectivity index (χ1n) is 4.64. The van der Waals surface area contributed by atoms with E-state index in [9.17, 15) is 14.4 Å². The van der Waals surface area contributed by atoms with Gasteiger partial charge in [0.1, 0.15) is 12.2 Å². The van der Waals surface area contributed by atoms with Crippen molar-refractivity contribution in [1.82, 2.24) is 0 Å². The summed E-state index contributed by atoms with van der Waals surface area (Å²) in [7, 11) is 0. The first kappa shape index (κ1) is 16.7. The van der Waals surface area contributed by atoms with Crippen molar-refractivity contribution in [3.8, 4) is 0 Å². The largest absolute Gasteiger partial charge is 0.481 e. The quantitative estimate of drug-likeness (QED) is 0.421. The van der Waals surface area contributed by atoms with Gasteiger partial charge in [0.2, 0.25) is 0 Å². The fourth-order valence-electron chi connectivity index (χ4n) is 0.695. The Hall–Kier alpha value is -1.69. The SMILES string of the molecule is CC(=O)CC(=O)O.CCC=C(C)C(=O)ON. The Morgan fingerprint density at radius 2 is 1.81 bits per heavy atom. The Labute approximate surface area is 94.0 Å². The summed E-state index contributed by atoms with van der Waals surface area (Å²) in [6, 6.07) is 0. The normalized spacial score (nSPS) is 9.88. The minimum Gasteiger partial charge on any atom is -0.481 e. The summed E-state index contributed by atoms with van der Waals surface area (Å²) in [5.74, 6) is 2.78. The molecule has 0 saturated carbocycles. The number of allylic oxidation sites excluding steroid dienone is 1. The van der Waals surface area contributed by atoms with Crippen LogP contribution in [0.15, 0.2) is 11.6 Å². The Kier molecular flexibility index (Phi) is 10.3. The molecule has 0 aromatic rings. The van der Waals surface area contributed by atoms with Gasteiger partial charge >= 0.3 is 11.9 Å². The lowest BCUT2D eigenvalue weighted by Gasteiger charge is -1.94. The molecule has 0 amide bonds. The second-order valence-electron chi connectivity index (χ2n) is 2.97. The van der Waals surface area contributed by atoms with Crippen LogP contribution in [0.3, 0.4) is 0 Å². The third-order valence-corrected chi connectivity index (χ3v) is 1.34. The number of ketones is 1. The highest BCUT2D eigenvalue weighted by molar-refractivity contribution is 5.93. The molecule has 92 valence electrons. The Morgan fingerprint density at radius 1 is 1.31 bits per heavy atom. The van der Waals surface area contributed by atoms with Gasteiger partial charge in [-0.3, -0.25) is 9.59 Å². The molecule has 0 heterocycles. The Morgan fingerprint density at radius 3 is 2.00 bits per heavy atom. The molecular weight excluding hydrogens is 214 g/mol. The number of nitrogens with two attached hydrogens (primary N) is 1. The summed E-state index contributed by atoms with van der Waals surface area (Å²) in [5.41, 5.74) is 0.556. The number of hydrogen-bond donors (Lipinski definition) is 2. The van der Waals surface area contributed by atoms with Crippen molar-refractivity contribution in [2.75, 3.05) is 0 Å². The number of Topliss-reactive ketones (excluding diaryl/α,β-unsaturated/α-hetero) is 1. The minimum absolute atomic E-state index is 0.312. The van der Waals surface area contributed by atoms with Crippen LogP contribution in [0, 0.1) is 0 Å². The molecule has 3 N–H and O–H groups in total. The van der Waals surface area contributed by atoms with E-state index in [-0.39, 0.29) is 12.2 Å². The summed E-state index contributed by atoms with van der Waals surface area (Å²) >= 11 is 0. The van der Waals surface area contributed by atoms with Crippen LogP contribution in [0.1, 0.15) is 33.6 Å². The highest BCUT2D eigenvalue weighted by Crippen LogP contribution is 1.95. The van der Waals surface area contributed by atoms with Crippen molar-refractivity contribution < 1.29 is 24.3 Å². The van der Waals surface area contributed by atoms with Crippen LogP contribution >= 0.6 is 0 Å². The molecule has 0 aromatic heterocycles. The van der Waals surface area contributed by atoms with Crippen molar-refractivity contribution in [1.29, 1.82) is 0 Å². The molecule has 0 bridgehead atoms. The molecule has 6 nitrogen and oxygen atoms in total. The predicted octanol–water partition coefficient (Wildman–Crippen LogP) is 0.810. The average Bonchev–Trinajstić information content (AvgIpc) is 2.15. The van der Waals surface area contributed by atoms with Crippen molar-refractivity contribution in [3.63, 3.8) is 0 Å². The highest BCUT2D eigenvalue weighted by Gasteiger charge is 2.00. The van der Waals surface area contributed by atoms with Crippen LogP contribution < -0.4 is 5.90 Å². The number of carbonyl (C=O) groups excluding carboxylic acids is 2. The maximum absolute atomic E-state index is 10.5. The number of carboxylic acids is 1. The van der Waals surface area contributed by atoms with Crippen molar-refractivity contribution >= 4 is 17.7 Å². The molecule has 16 heavy (non-hydrogen) atoms. The van der Waals surface area contributed by atoms with Crippen LogP contribution in [0.4, 0.5) is 0 Å². The first-order valence-corrected chi connectivity index (χ1v) is 4.64. The second kappa shape index (κ2) is 9.85. The van der Waals surface area contributed by atoms with Gasteiger partial charge in [0.05, 0.1) is 0 Å². The Bertz CT molecular complexity index is 271. The lowest BCUT2D eigenvalue weighted by atomic mass is 10.2. The average molecular weight is 231 g/mol. The molecule has 0 aliphatic heterocycles. The van der Waals surface area contributed by atoms with E-state index in [1.54, 1.807) is 13.0 Å². The molecule has 0 radical (unpaired) electrons. The summed E-state index contributed by atoms with van der Waals surface area (Å²) in [6.45, 7) is 4.85. The van der Waals surface area contributed by atoms with E-state index < -0.39 is 11.9 Å². The van der Waals surface area contributed by atoms with Gasteiger partial charge in [-0.2, -0.15) is 5.90 Å². The molecular formula is C10H17NO5. The summed E-state index contributed by atoms with van der Waals surface area (Å²) in [4.78, 5) is 33.9. The summed E-state index contributed by atoms with van der Waals surface area (Å²) < 4.78 is 0. The van der Waals surface area contributed by atoms with Crippen molar-refractivity contribution in [2.24, 2.45) is 5.90 Å². The minimum atomic E-state index is -1.06. The second-order valence-corrected chi connectivity index (χ2v) is 2.97. The predicted molar refractivity (Wildman–Crippen MR) is 57.3 cm³/mol. The van der Waals surface area contributed by atoms with Gasteiger partial charge in [-0.05, 0) is 20.3 Å². The van der Waals surface area contributed by atoms with Crippen molar-refractivity contribution in [2.45, 2.75) is 33.6 Å². The molecule has 0 atom stereocenters. The molecule has 0 fully saturated rings. The fourth-order valence-corrected chi connectivity index (χ4v) is 0.695. The van der Waals surface area contributed by atoms with Crippen LogP contribution in [0.2, 0.25) is 0 Å². The molecule has 0 aliphatic carbocycles. The van der Waals surface area contributed by atoms with E-state index in [2.05, 4.69) is 10.7 Å². The zero-order valence-electron chi connectivity index (χ0n) is 9.65. The third kappa shape index (κ3) is 12.3. The lowest BCUT2D eigenvalue weighted by Crippen LogP contribution is -2.10. The van der Waals surface area contributed by atoms with E-state index in [0.717, 1.165) is 6.42 Å². The molecule has 6 heteroatoms. The first-order chi connectivity index (χ1) is 7.34. The van der Waals surface area contributed by atoms with Gasteiger partial charge in [0.25, 0.3) is 0 Å². The van der Waals surface area contributed by atoms with Gasteiger partial charge in [-0.15, -0.1) is 0 Å². The smallest absolute Gasteiger partial charge is 0.351 e. The highest BCUT2D eigenvalue weighted by atomic mass is 16.7. The topological polar surface area (TPSA) is 107 Å². The van der Waals surface area contributed by atoms with Crippen LogP contribution in [-0.4, -0.2) is 22.8 Å². The zero-order valence-corrected chi connectivity index (χ0v) is 9.65. The van der Waals surface area contributed by atoms with Gasteiger partial charge < -0.3 is 9.94 Å². The molecule has 0 rings (SSSR count). The van der Waals surface area contributed by atoms with E-state index >= 15 is 0 Å². The summed E-state index contributed by atoms with van der Waals surface area (Å²) in [5, 5.41) is 7.86. The van der Waals surface area contributed by atoms with Crippen LogP contribution in [0.25, 0.3) is 0 Å². The number of carboxylic acid groups (broad SMARTS) is 1. The Balaban J connectivity index is 0. The molecule has 0 saturated heterocycles. The third-order valence-electron chi connectivity index (χ3n) is 1.34. The fraction of sp³-hybridized carbons (Fsp3) is 0.500. The zero-order chi connectivity index (χ0) is 13.1. The van der Waals surface area contributed by atoms with Gasteiger partial charge in [-0.25, -0.2) is 4.79 Å². The number of aliphatic carboxylic acids is 1. The van der Waals surface area contributed by atoms with Gasteiger partial charge in [-0.1, -0.05) is 13.0 Å². The summed E-state index contributed by atoms with van der Waals surface area (Å²) in [6.07, 6.45) is 2.22. The van der Waals surface area contributed by atoms with E-state index in [4.69, 9.17) is 5.11 Å². The number of rotatable bonds is 4. The number of hydrogen-bond acceptors (Lipinski definition) is 5. The van der Waals surface area contributed by atoms with Gasteiger partial charge in [0.15, 0.2) is 0 Å². The molecule has 0 aliphatic rings. The maximum Gasteiger partial charge on any atom is 0.351 e. The van der Waals surface area contributed by atoms with Gasteiger partial charge in [0, 0.05) is 5.57 Å². The maximum atomic E-state index is 10.5. The number of carbonyl (C=O) groups is 3. The monoisotopic (exact) mass is 231 g/mol. The molecule has 0 aromatic carbocycles.